The Kier molecular flexibility index (Phi) is 2.45. The zero-order valence-electron chi connectivity index (χ0n) is 7.09. The summed E-state index contributed by atoms with van der Waals surface area (Å²) in [6, 6.07) is 0. The van der Waals surface area contributed by atoms with Gasteiger partial charge in [0, 0.05) is 13.5 Å². The molecule has 0 aliphatic heterocycles. The van der Waals surface area contributed by atoms with E-state index in [1.54, 1.807) is 13.2 Å². The highest BCUT2D eigenvalue weighted by Gasteiger charge is 2.24. The van der Waals surface area contributed by atoms with Crippen molar-refractivity contribution in [1.29, 1.82) is 0 Å². The highest BCUT2D eigenvalue weighted by atomic mass is 16.5. The summed E-state index contributed by atoms with van der Waals surface area (Å²) in [5.74, 6) is 0.214. The van der Waals surface area contributed by atoms with Crippen LogP contribution >= 0.6 is 0 Å². The third-order valence-electron chi connectivity index (χ3n) is 2.25. The zero-order chi connectivity index (χ0) is 8.32. The smallest absolute Gasteiger partial charge is 0.155 e. The summed E-state index contributed by atoms with van der Waals surface area (Å²) in [6.07, 6.45) is 5.84. The zero-order valence-corrected chi connectivity index (χ0v) is 7.09. The third-order valence-corrected chi connectivity index (χ3v) is 2.25. The highest BCUT2D eigenvalue weighted by molar-refractivity contribution is 5.89. The fourth-order valence-electron chi connectivity index (χ4n) is 1.20. The molecule has 1 atom stereocenters. The van der Waals surface area contributed by atoms with Gasteiger partial charge in [0.1, 0.15) is 0 Å². The van der Waals surface area contributed by atoms with E-state index in [0.717, 1.165) is 12.8 Å². The van der Waals surface area contributed by atoms with E-state index in [1.807, 2.05) is 13.0 Å². The predicted octanol–water partition coefficient (Wildman–Crippen LogP) is 1.70. The van der Waals surface area contributed by atoms with Gasteiger partial charge >= 0.3 is 0 Å². The summed E-state index contributed by atoms with van der Waals surface area (Å²) in [6.45, 7) is 2.04. The van der Waals surface area contributed by atoms with Gasteiger partial charge < -0.3 is 4.74 Å². The van der Waals surface area contributed by atoms with Gasteiger partial charge in [0.05, 0.1) is 5.60 Å². The van der Waals surface area contributed by atoms with Crippen molar-refractivity contribution in [3.8, 4) is 0 Å². The third kappa shape index (κ3) is 2.15. The fraction of sp³-hybridized carbons (Fsp3) is 0.667. The van der Waals surface area contributed by atoms with Crippen LogP contribution < -0.4 is 0 Å². The molecule has 11 heavy (non-hydrogen) atoms. The number of carbonyl (C=O) groups is 1. The Hall–Kier alpha value is -0.630. The molecule has 1 unspecified atom stereocenters. The van der Waals surface area contributed by atoms with Crippen molar-refractivity contribution in [2.45, 2.75) is 31.8 Å². The van der Waals surface area contributed by atoms with Crippen LogP contribution in [0, 0.1) is 0 Å². The van der Waals surface area contributed by atoms with Crippen LogP contribution in [0.5, 0.6) is 0 Å². The van der Waals surface area contributed by atoms with Crippen LogP contribution in [0.3, 0.4) is 0 Å². The summed E-state index contributed by atoms with van der Waals surface area (Å²) in [5.41, 5.74) is -0.122. The van der Waals surface area contributed by atoms with Crippen LogP contribution in [0.1, 0.15) is 26.2 Å². The molecule has 0 amide bonds. The standard InChI is InChI=1S/C9H14O2/c1-9(11-2)6-3-4-8(10)5-7-9/h3-4H,5-7H2,1-2H3. The van der Waals surface area contributed by atoms with E-state index in [0.29, 0.717) is 6.42 Å². The molecule has 0 N–H and O–H groups in total. The summed E-state index contributed by atoms with van der Waals surface area (Å²) < 4.78 is 5.30. The molecule has 0 aromatic heterocycles. The van der Waals surface area contributed by atoms with Gasteiger partial charge in [-0.3, -0.25) is 4.79 Å². The average Bonchev–Trinajstić information content (AvgIpc) is 2.15. The van der Waals surface area contributed by atoms with E-state index in [-0.39, 0.29) is 11.4 Å². The second kappa shape index (κ2) is 3.18. The SMILES string of the molecule is COC1(C)CC=CC(=O)CC1. The Morgan fingerprint density at radius 3 is 3.00 bits per heavy atom. The van der Waals surface area contributed by atoms with Gasteiger partial charge in [0.15, 0.2) is 5.78 Å². The van der Waals surface area contributed by atoms with Crippen molar-refractivity contribution in [2.24, 2.45) is 0 Å². The number of hydrogen-bond acceptors (Lipinski definition) is 2. The molecule has 0 radical (unpaired) electrons. The molecular formula is C9H14O2. The molecule has 1 aliphatic rings. The van der Waals surface area contributed by atoms with Crippen LogP contribution in [0.4, 0.5) is 0 Å². The number of ether oxygens (including phenoxy) is 1. The Balaban J connectivity index is 2.62. The predicted molar refractivity (Wildman–Crippen MR) is 43.4 cm³/mol. The monoisotopic (exact) mass is 154 g/mol. The van der Waals surface area contributed by atoms with Crippen molar-refractivity contribution in [1.82, 2.24) is 0 Å². The minimum Gasteiger partial charge on any atom is -0.378 e. The largest absolute Gasteiger partial charge is 0.378 e. The van der Waals surface area contributed by atoms with Gasteiger partial charge in [-0.25, -0.2) is 0 Å². The first-order chi connectivity index (χ1) is 5.16. The molecule has 0 heterocycles. The van der Waals surface area contributed by atoms with Gasteiger partial charge in [0.25, 0.3) is 0 Å². The van der Waals surface area contributed by atoms with Crippen molar-refractivity contribution in [2.75, 3.05) is 7.11 Å². The van der Waals surface area contributed by atoms with Crippen molar-refractivity contribution >= 4 is 5.78 Å². The summed E-state index contributed by atoms with van der Waals surface area (Å²) in [4.78, 5) is 10.9. The lowest BCUT2D eigenvalue weighted by Crippen LogP contribution is -2.25. The molecule has 2 nitrogen and oxygen atoms in total. The van der Waals surface area contributed by atoms with Gasteiger partial charge in [-0.1, -0.05) is 6.08 Å². The lowest BCUT2D eigenvalue weighted by Gasteiger charge is -2.24. The topological polar surface area (TPSA) is 26.3 Å². The molecular weight excluding hydrogens is 140 g/mol. The van der Waals surface area contributed by atoms with Crippen LogP contribution in [0.2, 0.25) is 0 Å². The Bertz CT molecular complexity index is 184. The van der Waals surface area contributed by atoms with Crippen molar-refractivity contribution in [3.63, 3.8) is 0 Å². The van der Waals surface area contributed by atoms with Crippen LogP contribution in [0.15, 0.2) is 12.2 Å². The van der Waals surface area contributed by atoms with Gasteiger partial charge in [0.2, 0.25) is 0 Å². The maximum absolute atomic E-state index is 10.9. The van der Waals surface area contributed by atoms with E-state index in [1.165, 1.54) is 0 Å². The van der Waals surface area contributed by atoms with Gasteiger partial charge in [-0.05, 0) is 25.8 Å². The van der Waals surface area contributed by atoms with Crippen molar-refractivity contribution < 1.29 is 9.53 Å². The second-order valence-corrected chi connectivity index (χ2v) is 3.23. The quantitative estimate of drug-likeness (QED) is 0.574. The molecule has 1 aliphatic carbocycles. The van der Waals surface area contributed by atoms with E-state index >= 15 is 0 Å². The summed E-state index contributed by atoms with van der Waals surface area (Å²) >= 11 is 0. The van der Waals surface area contributed by atoms with Crippen molar-refractivity contribution in [3.05, 3.63) is 12.2 Å². The molecule has 0 saturated heterocycles. The second-order valence-electron chi connectivity index (χ2n) is 3.23. The minimum absolute atomic E-state index is 0.122. The highest BCUT2D eigenvalue weighted by Crippen LogP contribution is 2.24. The average molecular weight is 154 g/mol. The Morgan fingerprint density at radius 1 is 1.64 bits per heavy atom. The molecule has 0 fully saturated rings. The first-order valence-corrected chi connectivity index (χ1v) is 3.91. The van der Waals surface area contributed by atoms with Gasteiger partial charge in [-0.15, -0.1) is 0 Å². The molecule has 2 heteroatoms. The number of allylic oxidation sites excluding steroid dienone is 1. The number of carbonyl (C=O) groups excluding carboxylic acids is 1. The fourth-order valence-corrected chi connectivity index (χ4v) is 1.20. The first-order valence-electron chi connectivity index (χ1n) is 3.91. The number of ketones is 1. The molecule has 0 bridgehead atoms. The summed E-state index contributed by atoms with van der Waals surface area (Å²) in [5, 5.41) is 0. The van der Waals surface area contributed by atoms with Gasteiger partial charge in [-0.2, -0.15) is 0 Å². The number of methoxy groups -OCH3 is 1. The normalized spacial score (nSPS) is 32.0. The summed E-state index contributed by atoms with van der Waals surface area (Å²) in [7, 11) is 1.70. The van der Waals surface area contributed by atoms with Crippen LogP contribution in [0.25, 0.3) is 0 Å². The molecule has 0 aromatic carbocycles. The first kappa shape index (κ1) is 8.47. The Morgan fingerprint density at radius 2 is 2.36 bits per heavy atom. The van der Waals surface area contributed by atoms with Crippen LogP contribution in [-0.2, 0) is 9.53 Å². The Labute approximate surface area is 67.2 Å². The lowest BCUT2D eigenvalue weighted by molar-refractivity contribution is -0.115. The van der Waals surface area contributed by atoms with E-state index < -0.39 is 0 Å². The number of rotatable bonds is 1. The molecule has 0 spiro atoms. The maximum atomic E-state index is 10.9. The van der Waals surface area contributed by atoms with E-state index in [4.69, 9.17) is 4.74 Å². The molecule has 62 valence electrons. The molecule has 0 saturated carbocycles. The minimum atomic E-state index is -0.122. The molecule has 1 rings (SSSR count). The number of hydrogen-bond donors (Lipinski definition) is 0. The lowest BCUT2D eigenvalue weighted by atomic mass is 9.97. The van der Waals surface area contributed by atoms with E-state index in [9.17, 15) is 4.79 Å². The van der Waals surface area contributed by atoms with E-state index in [2.05, 4.69) is 0 Å². The maximum Gasteiger partial charge on any atom is 0.155 e. The molecule has 0 aromatic rings. The van der Waals surface area contributed by atoms with Crippen LogP contribution in [-0.4, -0.2) is 18.5 Å².